The van der Waals surface area contributed by atoms with Crippen LogP contribution in [0.15, 0.2) is 18.2 Å². The molecule has 0 amide bonds. The molecule has 2 saturated carbocycles. The van der Waals surface area contributed by atoms with Crippen LogP contribution < -0.4 is 0 Å². The average Bonchev–Trinajstić information content (AvgIpc) is 2.93. The number of fused-ring (bicyclic) bond motifs is 5. The van der Waals surface area contributed by atoms with Crippen molar-refractivity contribution in [3.8, 4) is 18.1 Å². The van der Waals surface area contributed by atoms with Crippen LogP contribution in [-0.4, -0.2) is 27.0 Å². The Morgan fingerprint density at radius 3 is 2.61 bits per heavy atom. The van der Waals surface area contributed by atoms with Gasteiger partial charge in [0.15, 0.2) is 0 Å². The molecule has 6 atom stereocenters. The number of aromatic hydroxyl groups is 1. The molecular formula is C25H36O3. The molecule has 3 nitrogen and oxygen atoms in total. The standard InChI is InChI=1S/C20H24O2.C5H12O/c1-3-20(22)11-9-18-17-6-4-13-12-14(21)5-7-15(13)16(17)8-10-19(18,20)2;1-3-4-5(2)6/h1,5,7,12,16-18,21-22H,4,6,8-11H2,2H3;5-6H,3-4H2,1-2H3/t16-,17-,18+,19+,20+;5-/m11/s1. The summed E-state index contributed by atoms with van der Waals surface area (Å²) in [4.78, 5) is 0. The molecule has 0 aliphatic heterocycles. The second kappa shape index (κ2) is 8.09. The normalized spacial score (nSPS) is 36.8. The van der Waals surface area contributed by atoms with E-state index in [2.05, 4.69) is 25.8 Å². The first kappa shape index (κ1) is 21.2. The van der Waals surface area contributed by atoms with Gasteiger partial charge in [0.2, 0.25) is 0 Å². The number of rotatable bonds is 2. The fraction of sp³-hybridized carbons (Fsp3) is 0.680. The molecule has 0 unspecified atom stereocenters. The summed E-state index contributed by atoms with van der Waals surface area (Å²) >= 11 is 0. The molecule has 0 radical (unpaired) electrons. The average molecular weight is 385 g/mol. The maximum atomic E-state index is 10.9. The van der Waals surface area contributed by atoms with Crippen LogP contribution in [0, 0.1) is 29.6 Å². The molecule has 0 saturated heterocycles. The summed E-state index contributed by atoms with van der Waals surface area (Å²) in [5.74, 6) is 4.82. The molecular weight excluding hydrogens is 348 g/mol. The van der Waals surface area contributed by atoms with Gasteiger partial charge >= 0.3 is 0 Å². The first-order chi connectivity index (χ1) is 13.3. The Hall–Kier alpha value is -1.50. The minimum Gasteiger partial charge on any atom is -0.508 e. The van der Waals surface area contributed by atoms with Crippen molar-refractivity contribution in [2.24, 2.45) is 17.3 Å². The maximum Gasteiger partial charge on any atom is 0.130 e. The van der Waals surface area contributed by atoms with Crippen molar-refractivity contribution >= 4 is 0 Å². The van der Waals surface area contributed by atoms with Gasteiger partial charge in [-0.3, -0.25) is 0 Å². The summed E-state index contributed by atoms with van der Waals surface area (Å²) in [6, 6.07) is 5.87. The molecule has 1 aromatic carbocycles. The molecule has 3 aliphatic carbocycles. The Labute approximate surface area is 170 Å². The summed E-state index contributed by atoms with van der Waals surface area (Å²) in [7, 11) is 0. The number of benzene rings is 1. The molecule has 3 N–H and O–H groups in total. The molecule has 28 heavy (non-hydrogen) atoms. The quantitative estimate of drug-likeness (QED) is 0.643. The predicted octanol–water partition coefficient (Wildman–Crippen LogP) is 4.78. The van der Waals surface area contributed by atoms with E-state index in [9.17, 15) is 10.2 Å². The van der Waals surface area contributed by atoms with Crippen molar-refractivity contribution in [1.29, 1.82) is 0 Å². The number of phenols is 1. The Morgan fingerprint density at radius 2 is 2.00 bits per heavy atom. The third-order valence-corrected chi connectivity index (χ3v) is 7.81. The number of phenolic OH excluding ortho intramolecular Hbond substituents is 1. The second-order valence-electron chi connectivity index (χ2n) is 9.44. The molecule has 0 spiro atoms. The molecule has 2 fully saturated rings. The maximum absolute atomic E-state index is 10.9. The summed E-state index contributed by atoms with van der Waals surface area (Å²) in [5, 5.41) is 29.2. The lowest BCUT2D eigenvalue weighted by Gasteiger charge is -2.52. The number of hydrogen-bond acceptors (Lipinski definition) is 3. The third kappa shape index (κ3) is 3.58. The largest absolute Gasteiger partial charge is 0.508 e. The first-order valence-electron chi connectivity index (χ1n) is 11.0. The van der Waals surface area contributed by atoms with E-state index >= 15 is 0 Å². The summed E-state index contributed by atoms with van der Waals surface area (Å²) in [6.45, 7) is 6.09. The van der Waals surface area contributed by atoms with E-state index in [4.69, 9.17) is 11.5 Å². The van der Waals surface area contributed by atoms with E-state index in [0.717, 1.165) is 51.4 Å². The Balaban J connectivity index is 0.000000330. The first-order valence-corrected chi connectivity index (χ1v) is 11.0. The van der Waals surface area contributed by atoms with Crippen LogP contribution in [0.4, 0.5) is 0 Å². The summed E-state index contributed by atoms with van der Waals surface area (Å²) < 4.78 is 0. The zero-order valence-electron chi connectivity index (χ0n) is 17.6. The topological polar surface area (TPSA) is 60.7 Å². The lowest BCUT2D eigenvalue weighted by molar-refractivity contribution is -0.0646. The van der Waals surface area contributed by atoms with Gasteiger partial charge in [-0.2, -0.15) is 0 Å². The van der Waals surface area contributed by atoms with E-state index in [0.29, 0.717) is 23.5 Å². The van der Waals surface area contributed by atoms with E-state index in [1.54, 1.807) is 0 Å². The molecule has 1 aromatic rings. The monoisotopic (exact) mass is 384 g/mol. The van der Waals surface area contributed by atoms with Crippen molar-refractivity contribution in [2.45, 2.75) is 89.8 Å². The Morgan fingerprint density at radius 1 is 1.25 bits per heavy atom. The smallest absolute Gasteiger partial charge is 0.130 e. The Bertz CT molecular complexity index is 734. The third-order valence-electron chi connectivity index (χ3n) is 7.81. The minimum atomic E-state index is -0.919. The van der Waals surface area contributed by atoms with E-state index < -0.39 is 5.60 Å². The molecule has 4 rings (SSSR count). The van der Waals surface area contributed by atoms with Crippen LogP contribution in [-0.2, 0) is 6.42 Å². The fourth-order valence-electron chi connectivity index (χ4n) is 6.24. The van der Waals surface area contributed by atoms with Crippen LogP contribution in [0.1, 0.15) is 82.8 Å². The van der Waals surface area contributed by atoms with Gasteiger partial charge in [0.25, 0.3) is 0 Å². The van der Waals surface area contributed by atoms with Crippen LogP contribution in [0.3, 0.4) is 0 Å². The number of aliphatic hydroxyl groups is 2. The van der Waals surface area contributed by atoms with Crippen molar-refractivity contribution in [1.82, 2.24) is 0 Å². The lowest BCUT2D eigenvalue weighted by atomic mass is 9.53. The van der Waals surface area contributed by atoms with Gasteiger partial charge in [0.05, 0.1) is 6.10 Å². The SMILES string of the molecule is C#C[C@]1(O)CC[C@H]2[C@@H]3CCc4cc(O)ccc4[C@H]3CC[C@@]21C.CCC[C@@H](C)O. The van der Waals surface area contributed by atoms with Gasteiger partial charge in [-0.1, -0.05) is 32.3 Å². The highest BCUT2D eigenvalue weighted by Crippen LogP contribution is 2.64. The number of aliphatic hydroxyl groups excluding tert-OH is 1. The van der Waals surface area contributed by atoms with E-state index in [1.165, 1.54) is 11.1 Å². The zero-order chi connectivity index (χ0) is 20.5. The second-order valence-corrected chi connectivity index (χ2v) is 9.44. The van der Waals surface area contributed by atoms with Gasteiger partial charge in [-0.05, 0) is 92.9 Å². The van der Waals surface area contributed by atoms with Crippen molar-refractivity contribution in [3.63, 3.8) is 0 Å². The van der Waals surface area contributed by atoms with Gasteiger partial charge in [-0.25, -0.2) is 0 Å². The van der Waals surface area contributed by atoms with Crippen LogP contribution >= 0.6 is 0 Å². The minimum absolute atomic E-state index is 0.102. The van der Waals surface area contributed by atoms with Gasteiger partial charge in [0, 0.05) is 5.41 Å². The van der Waals surface area contributed by atoms with Crippen molar-refractivity contribution < 1.29 is 15.3 Å². The number of terminal acetylenes is 1. The highest BCUT2D eigenvalue weighted by molar-refractivity contribution is 5.40. The molecule has 3 heteroatoms. The molecule has 154 valence electrons. The fourth-order valence-corrected chi connectivity index (χ4v) is 6.24. The highest BCUT2D eigenvalue weighted by atomic mass is 16.3. The lowest BCUT2D eigenvalue weighted by Crippen LogP contribution is -2.50. The van der Waals surface area contributed by atoms with Gasteiger partial charge in [-0.15, -0.1) is 6.42 Å². The zero-order valence-corrected chi connectivity index (χ0v) is 17.6. The van der Waals surface area contributed by atoms with E-state index in [-0.39, 0.29) is 11.5 Å². The molecule has 3 aliphatic rings. The summed E-state index contributed by atoms with van der Waals surface area (Å²) in [6.07, 6.45) is 13.7. The van der Waals surface area contributed by atoms with E-state index in [1.807, 2.05) is 19.1 Å². The van der Waals surface area contributed by atoms with Crippen molar-refractivity contribution in [3.05, 3.63) is 29.3 Å². The van der Waals surface area contributed by atoms with Crippen LogP contribution in [0.2, 0.25) is 0 Å². The highest BCUT2D eigenvalue weighted by Gasteiger charge is 2.61. The van der Waals surface area contributed by atoms with Crippen LogP contribution in [0.5, 0.6) is 5.75 Å². The number of hydrogen-bond donors (Lipinski definition) is 3. The summed E-state index contributed by atoms with van der Waals surface area (Å²) in [5.41, 5.74) is 1.69. The van der Waals surface area contributed by atoms with Gasteiger partial charge in [0.1, 0.15) is 11.4 Å². The molecule has 0 heterocycles. The predicted molar refractivity (Wildman–Crippen MR) is 113 cm³/mol. The number of aryl methyl sites for hydroxylation is 1. The van der Waals surface area contributed by atoms with Crippen molar-refractivity contribution in [2.75, 3.05) is 0 Å². The van der Waals surface area contributed by atoms with Gasteiger partial charge < -0.3 is 15.3 Å². The van der Waals surface area contributed by atoms with Crippen LogP contribution in [0.25, 0.3) is 0 Å². The molecule has 0 bridgehead atoms. The molecule has 0 aromatic heterocycles. The Kier molecular flexibility index (Phi) is 6.13.